The largest absolute Gasteiger partial charge is 0.456 e. The third-order valence-electron chi connectivity index (χ3n) is 2.89. The molecule has 0 radical (unpaired) electrons. The molecule has 0 aliphatic carbocycles. The summed E-state index contributed by atoms with van der Waals surface area (Å²) in [4.78, 5) is 16.2. The van der Waals surface area contributed by atoms with E-state index in [1.165, 1.54) is 0 Å². The maximum Gasteiger partial charge on any atom is 0.355 e. The molecule has 5 heteroatoms. The Kier molecular flexibility index (Phi) is 4.40. The topological polar surface area (TPSA) is 70.1 Å². The minimum atomic E-state index is -0.364. The molecule has 0 aromatic carbocycles. The van der Waals surface area contributed by atoms with Gasteiger partial charge < -0.3 is 15.0 Å². The highest BCUT2D eigenvalue weighted by Crippen LogP contribution is 2.14. The van der Waals surface area contributed by atoms with Gasteiger partial charge in [0.25, 0.3) is 0 Å². The van der Waals surface area contributed by atoms with Crippen molar-refractivity contribution in [2.45, 2.75) is 33.4 Å². The first-order valence-electron chi connectivity index (χ1n) is 6.63. The molecule has 0 amide bonds. The van der Waals surface area contributed by atoms with Crippen LogP contribution in [0.3, 0.4) is 0 Å². The average Bonchev–Trinajstić information content (AvgIpc) is 2.78. The molecular weight excluding hydrogens is 254 g/mol. The predicted molar refractivity (Wildman–Crippen MR) is 77.2 cm³/mol. The molecule has 0 saturated heterocycles. The number of carbonyl (C=O) groups excluding carboxylic acids is 1. The lowest BCUT2D eigenvalue weighted by molar-refractivity contribution is 0.0459. The number of aromatic nitrogens is 2. The minimum Gasteiger partial charge on any atom is -0.456 e. The van der Waals surface area contributed by atoms with Crippen LogP contribution in [0, 0.1) is 6.92 Å². The highest BCUT2D eigenvalue weighted by molar-refractivity contribution is 5.89. The van der Waals surface area contributed by atoms with Crippen LogP contribution < -0.4 is 5.73 Å². The van der Waals surface area contributed by atoms with Gasteiger partial charge in [-0.05, 0) is 31.0 Å². The van der Waals surface area contributed by atoms with Gasteiger partial charge in [0.1, 0.15) is 12.3 Å². The standard InChI is InChI=1S/C15H19N3O2/c1-3-4-18-9-13(16)6-14(18)15(19)20-10-12-5-11(2)7-17-8-12/h5-9H,3-4,10,16H2,1-2H3. The van der Waals surface area contributed by atoms with E-state index in [1.807, 2.05) is 24.5 Å². The summed E-state index contributed by atoms with van der Waals surface area (Å²) in [7, 11) is 0. The number of aryl methyl sites for hydroxylation is 2. The molecule has 0 unspecified atom stereocenters. The van der Waals surface area contributed by atoms with Crippen LogP contribution in [0.4, 0.5) is 5.69 Å². The second kappa shape index (κ2) is 6.23. The number of carbonyl (C=O) groups is 1. The number of nitrogen functional groups attached to an aromatic ring is 1. The van der Waals surface area contributed by atoms with Crippen molar-refractivity contribution in [3.63, 3.8) is 0 Å². The summed E-state index contributed by atoms with van der Waals surface area (Å²) in [5, 5.41) is 0. The number of anilines is 1. The summed E-state index contributed by atoms with van der Waals surface area (Å²) in [5.74, 6) is -0.364. The van der Waals surface area contributed by atoms with Gasteiger partial charge in [-0.25, -0.2) is 4.79 Å². The molecule has 106 valence electrons. The maximum atomic E-state index is 12.1. The Morgan fingerprint density at radius 1 is 1.40 bits per heavy atom. The minimum absolute atomic E-state index is 0.213. The van der Waals surface area contributed by atoms with Gasteiger partial charge in [0.2, 0.25) is 0 Å². The molecule has 0 atom stereocenters. The number of esters is 1. The summed E-state index contributed by atoms with van der Waals surface area (Å²) in [6.07, 6.45) is 6.14. The first-order chi connectivity index (χ1) is 9.60. The fraction of sp³-hybridized carbons (Fsp3) is 0.333. The van der Waals surface area contributed by atoms with Gasteiger partial charge in [0, 0.05) is 30.7 Å². The van der Waals surface area contributed by atoms with Crippen LogP contribution in [0.1, 0.15) is 35.0 Å². The summed E-state index contributed by atoms with van der Waals surface area (Å²) in [5.41, 5.74) is 8.71. The number of hydrogen-bond donors (Lipinski definition) is 1. The zero-order valence-electron chi connectivity index (χ0n) is 11.8. The zero-order chi connectivity index (χ0) is 14.5. The molecule has 2 aromatic rings. The highest BCUT2D eigenvalue weighted by atomic mass is 16.5. The summed E-state index contributed by atoms with van der Waals surface area (Å²) in [6.45, 7) is 4.95. The average molecular weight is 273 g/mol. The fourth-order valence-corrected chi connectivity index (χ4v) is 2.05. The first-order valence-corrected chi connectivity index (χ1v) is 6.63. The van der Waals surface area contributed by atoms with Gasteiger partial charge in [0.15, 0.2) is 0 Å². The number of hydrogen-bond acceptors (Lipinski definition) is 4. The van der Waals surface area contributed by atoms with Crippen LogP contribution in [0.15, 0.2) is 30.7 Å². The normalized spacial score (nSPS) is 10.5. The number of rotatable bonds is 5. The Bertz CT molecular complexity index is 605. The number of nitrogens with two attached hydrogens (primary N) is 1. The molecule has 0 aliphatic rings. The van der Waals surface area contributed by atoms with Gasteiger partial charge in [0.05, 0.1) is 5.69 Å². The molecular formula is C15H19N3O2. The maximum absolute atomic E-state index is 12.1. The van der Waals surface area contributed by atoms with E-state index in [-0.39, 0.29) is 12.6 Å². The number of ether oxygens (including phenoxy) is 1. The Labute approximate surface area is 118 Å². The fourth-order valence-electron chi connectivity index (χ4n) is 2.05. The molecule has 0 aliphatic heterocycles. The van der Waals surface area contributed by atoms with Crippen molar-refractivity contribution in [3.05, 3.63) is 47.5 Å². The third-order valence-corrected chi connectivity index (χ3v) is 2.89. The van der Waals surface area contributed by atoms with E-state index in [2.05, 4.69) is 4.98 Å². The summed E-state index contributed by atoms with van der Waals surface area (Å²) in [6, 6.07) is 3.59. The van der Waals surface area contributed by atoms with E-state index in [0.717, 1.165) is 24.1 Å². The zero-order valence-corrected chi connectivity index (χ0v) is 11.8. The second-order valence-corrected chi connectivity index (χ2v) is 4.80. The van der Waals surface area contributed by atoms with E-state index in [0.29, 0.717) is 11.4 Å². The quantitative estimate of drug-likeness (QED) is 0.850. The van der Waals surface area contributed by atoms with E-state index < -0.39 is 0 Å². The predicted octanol–water partition coefficient (Wildman–Crippen LogP) is 2.54. The molecule has 0 bridgehead atoms. The lowest BCUT2D eigenvalue weighted by atomic mass is 10.2. The van der Waals surface area contributed by atoms with E-state index in [9.17, 15) is 4.79 Å². The molecule has 2 rings (SSSR count). The van der Waals surface area contributed by atoms with Gasteiger partial charge in [-0.3, -0.25) is 4.98 Å². The SMILES string of the molecule is CCCn1cc(N)cc1C(=O)OCc1cncc(C)c1. The van der Waals surface area contributed by atoms with Crippen molar-refractivity contribution in [1.29, 1.82) is 0 Å². The highest BCUT2D eigenvalue weighted by Gasteiger charge is 2.14. The summed E-state index contributed by atoms with van der Waals surface area (Å²) >= 11 is 0. The smallest absolute Gasteiger partial charge is 0.355 e. The number of nitrogens with zero attached hydrogens (tertiary/aromatic N) is 2. The Morgan fingerprint density at radius 3 is 2.90 bits per heavy atom. The van der Waals surface area contributed by atoms with Gasteiger partial charge >= 0.3 is 5.97 Å². The Morgan fingerprint density at radius 2 is 2.20 bits per heavy atom. The van der Waals surface area contributed by atoms with E-state index >= 15 is 0 Å². The molecule has 5 nitrogen and oxygen atoms in total. The summed E-state index contributed by atoms with van der Waals surface area (Å²) < 4.78 is 7.14. The van der Waals surface area contributed by atoms with Crippen molar-refractivity contribution < 1.29 is 9.53 Å². The first kappa shape index (κ1) is 14.1. The van der Waals surface area contributed by atoms with Crippen molar-refractivity contribution in [2.75, 3.05) is 5.73 Å². The van der Waals surface area contributed by atoms with Gasteiger partial charge in [-0.2, -0.15) is 0 Å². The number of pyridine rings is 1. The van der Waals surface area contributed by atoms with Gasteiger partial charge in [-0.1, -0.05) is 6.92 Å². The van der Waals surface area contributed by atoms with Crippen LogP contribution in [-0.2, 0) is 17.9 Å². The molecule has 2 aromatic heterocycles. The molecule has 0 fully saturated rings. The van der Waals surface area contributed by atoms with Gasteiger partial charge in [-0.15, -0.1) is 0 Å². The van der Waals surface area contributed by atoms with Crippen LogP contribution in [0.5, 0.6) is 0 Å². The Hall–Kier alpha value is -2.30. The molecule has 2 heterocycles. The second-order valence-electron chi connectivity index (χ2n) is 4.80. The van der Waals surface area contributed by atoms with Crippen molar-refractivity contribution in [3.8, 4) is 0 Å². The monoisotopic (exact) mass is 273 g/mol. The van der Waals surface area contributed by atoms with E-state index in [4.69, 9.17) is 10.5 Å². The molecule has 20 heavy (non-hydrogen) atoms. The van der Waals surface area contributed by atoms with Crippen LogP contribution >= 0.6 is 0 Å². The lowest BCUT2D eigenvalue weighted by Gasteiger charge is -2.08. The van der Waals surface area contributed by atoms with Crippen molar-refractivity contribution >= 4 is 11.7 Å². The molecule has 0 saturated carbocycles. The van der Waals surface area contributed by atoms with Crippen molar-refractivity contribution in [2.24, 2.45) is 0 Å². The lowest BCUT2D eigenvalue weighted by Crippen LogP contribution is -2.11. The Balaban J connectivity index is 2.05. The van der Waals surface area contributed by atoms with Crippen LogP contribution in [-0.4, -0.2) is 15.5 Å². The molecule has 2 N–H and O–H groups in total. The van der Waals surface area contributed by atoms with Crippen molar-refractivity contribution in [1.82, 2.24) is 9.55 Å². The molecule has 0 spiro atoms. The van der Waals surface area contributed by atoms with Crippen LogP contribution in [0.25, 0.3) is 0 Å². The third kappa shape index (κ3) is 3.38. The van der Waals surface area contributed by atoms with E-state index in [1.54, 1.807) is 24.7 Å². The van der Waals surface area contributed by atoms with Crippen LogP contribution in [0.2, 0.25) is 0 Å².